The van der Waals surface area contributed by atoms with Crippen molar-refractivity contribution in [2.24, 2.45) is 0 Å². The monoisotopic (exact) mass is 582 g/mol. The number of carbonyl (C=O) groups excluding carboxylic acids is 3. The molecular formula is C30H21Cl3O6. The normalized spacial score (nSPS) is 18.2. The molecule has 1 fully saturated rings. The molecule has 6 nitrogen and oxygen atoms in total. The summed E-state index contributed by atoms with van der Waals surface area (Å²) in [5, 5.41) is 1.16. The largest absolute Gasteiger partial charge is 0.457 e. The lowest BCUT2D eigenvalue weighted by Gasteiger charge is -2.16. The van der Waals surface area contributed by atoms with Crippen LogP contribution in [0.3, 0.4) is 0 Å². The number of hydrogen-bond acceptors (Lipinski definition) is 6. The van der Waals surface area contributed by atoms with E-state index in [4.69, 9.17) is 49.0 Å². The molecule has 0 radical (unpaired) electrons. The van der Waals surface area contributed by atoms with Crippen LogP contribution in [-0.2, 0) is 28.6 Å². The summed E-state index contributed by atoms with van der Waals surface area (Å²) in [4.78, 5) is 39.2. The lowest BCUT2D eigenvalue weighted by molar-refractivity contribution is -0.145. The zero-order valence-electron chi connectivity index (χ0n) is 20.4. The number of ether oxygens (including phenoxy) is 3. The first kappa shape index (κ1) is 28.2. The Hall–Kier alpha value is -3.84. The van der Waals surface area contributed by atoms with E-state index in [0.29, 0.717) is 31.8 Å². The Labute approximate surface area is 240 Å². The van der Waals surface area contributed by atoms with E-state index in [1.807, 2.05) is 0 Å². The number of halogens is 3. The van der Waals surface area contributed by atoms with Crippen LogP contribution in [0, 0.1) is 0 Å². The van der Waals surface area contributed by atoms with Gasteiger partial charge in [-0.15, -0.1) is 0 Å². The van der Waals surface area contributed by atoms with Crippen LogP contribution in [0.25, 0.3) is 18.2 Å². The molecule has 1 aliphatic heterocycles. The van der Waals surface area contributed by atoms with E-state index in [0.717, 1.165) is 0 Å². The van der Waals surface area contributed by atoms with Gasteiger partial charge in [0.15, 0.2) is 0 Å². The molecule has 4 rings (SSSR count). The van der Waals surface area contributed by atoms with E-state index < -0.39 is 37.7 Å². The van der Waals surface area contributed by atoms with Gasteiger partial charge >= 0.3 is 17.9 Å². The number of esters is 3. The first-order chi connectivity index (χ1) is 18.8. The SMILES string of the molecule is O=C1OC/C(=C\c2ccccc2Cl)C(=O)OC/C(=C\c2ccccc2Cl)C(=O)OC/C1=C\c1ccccc1Cl. The number of hydrogen-bond donors (Lipinski definition) is 0. The topological polar surface area (TPSA) is 78.9 Å². The highest BCUT2D eigenvalue weighted by Gasteiger charge is 2.23. The highest BCUT2D eigenvalue weighted by Crippen LogP contribution is 2.23. The number of rotatable bonds is 3. The molecular weight excluding hydrogens is 563 g/mol. The number of cyclic esters (lactones) is 3. The predicted octanol–water partition coefficient (Wildman–Crippen LogP) is 6.84. The first-order valence-corrected chi connectivity index (χ1v) is 12.8. The third-order valence-corrected chi connectivity index (χ3v) is 6.60. The maximum absolute atomic E-state index is 13.1. The van der Waals surface area contributed by atoms with Gasteiger partial charge in [-0.2, -0.15) is 0 Å². The molecule has 0 aromatic heterocycles. The van der Waals surface area contributed by atoms with Gasteiger partial charge in [-0.25, -0.2) is 14.4 Å². The summed E-state index contributed by atoms with van der Waals surface area (Å²) in [6.45, 7) is -1.25. The molecule has 1 aliphatic rings. The van der Waals surface area contributed by atoms with E-state index in [9.17, 15) is 14.4 Å². The average Bonchev–Trinajstić information content (AvgIpc) is 2.93. The average molecular weight is 584 g/mol. The highest BCUT2D eigenvalue weighted by atomic mass is 35.5. The van der Waals surface area contributed by atoms with Crippen LogP contribution in [0.5, 0.6) is 0 Å². The molecule has 3 aromatic carbocycles. The maximum Gasteiger partial charge on any atom is 0.337 e. The Morgan fingerprint density at radius 2 is 0.718 bits per heavy atom. The van der Waals surface area contributed by atoms with Crippen molar-refractivity contribution in [3.8, 4) is 0 Å². The second-order valence-electron chi connectivity index (χ2n) is 8.30. The van der Waals surface area contributed by atoms with E-state index in [1.54, 1.807) is 72.8 Å². The van der Waals surface area contributed by atoms with Crippen LogP contribution >= 0.6 is 34.8 Å². The van der Waals surface area contributed by atoms with Crippen molar-refractivity contribution >= 4 is 70.9 Å². The summed E-state index contributed by atoms with van der Waals surface area (Å²) in [5.41, 5.74) is 1.60. The van der Waals surface area contributed by atoms with E-state index in [1.165, 1.54) is 18.2 Å². The molecule has 0 aliphatic carbocycles. The lowest BCUT2D eigenvalue weighted by atomic mass is 10.1. The Morgan fingerprint density at radius 1 is 0.462 bits per heavy atom. The minimum Gasteiger partial charge on any atom is -0.457 e. The fraction of sp³-hybridized carbons (Fsp3) is 0.100. The summed E-state index contributed by atoms with van der Waals surface area (Å²) in [6.07, 6.45) is 4.41. The van der Waals surface area contributed by atoms with Crippen LogP contribution in [0.15, 0.2) is 89.5 Å². The molecule has 39 heavy (non-hydrogen) atoms. The molecule has 0 saturated carbocycles. The van der Waals surface area contributed by atoms with Crippen LogP contribution in [0.4, 0.5) is 0 Å². The molecule has 0 bridgehead atoms. The van der Waals surface area contributed by atoms with Gasteiger partial charge in [-0.05, 0) is 53.1 Å². The predicted molar refractivity (Wildman–Crippen MR) is 151 cm³/mol. The Balaban J connectivity index is 1.75. The minimum atomic E-state index is -0.808. The van der Waals surface area contributed by atoms with Crippen molar-refractivity contribution in [1.29, 1.82) is 0 Å². The van der Waals surface area contributed by atoms with Gasteiger partial charge in [0.1, 0.15) is 19.8 Å². The maximum atomic E-state index is 13.1. The molecule has 0 amide bonds. The van der Waals surface area contributed by atoms with Crippen LogP contribution < -0.4 is 0 Å². The second kappa shape index (κ2) is 13.3. The fourth-order valence-electron chi connectivity index (χ4n) is 3.53. The Kier molecular flexibility index (Phi) is 9.60. The fourth-order valence-corrected chi connectivity index (χ4v) is 4.10. The van der Waals surface area contributed by atoms with Crippen molar-refractivity contribution in [2.45, 2.75) is 0 Å². The highest BCUT2D eigenvalue weighted by molar-refractivity contribution is 6.33. The van der Waals surface area contributed by atoms with Crippen LogP contribution in [-0.4, -0.2) is 37.7 Å². The Morgan fingerprint density at radius 3 is 0.974 bits per heavy atom. The molecule has 0 atom stereocenters. The minimum absolute atomic E-state index is 0.0135. The van der Waals surface area contributed by atoms with Crippen LogP contribution in [0.2, 0.25) is 15.1 Å². The van der Waals surface area contributed by atoms with E-state index in [2.05, 4.69) is 0 Å². The van der Waals surface area contributed by atoms with Gasteiger partial charge in [0, 0.05) is 15.1 Å². The molecule has 1 saturated heterocycles. The molecule has 1 heterocycles. The zero-order valence-corrected chi connectivity index (χ0v) is 22.6. The van der Waals surface area contributed by atoms with Crippen molar-refractivity contribution in [3.05, 3.63) is 121 Å². The molecule has 0 spiro atoms. The van der Waals surface area contributed by atoms with Crippen LogP contribution in [0.1, 0.15) is 16.7 Å². The smallest absolute Gasteiger partial charge is 0.337 e. The molecule has 3 aromatic rings. The van der Waals surface area contributed by atoms with E-state index in [-0.39, 0.29) is 16.7 Å². The van der Waals surface area contributed by atoms with Crippen molar-refractivity contribution in [3.63, 3.8) is 0 Å². The molecule has 9 heteroatoms. The summed E-state index contributed by atoms with van der Waals surface area (Å²) >= 11 is 18.8. The van der Waals surface area contributed by atoms with Gasteiger partial charge < -0.3 is 14.2 Å². The van der Waals surface area contributed by atoms with E-state index >= 15 is 0 Å². The Bertz CT molecular complexity index is 1330. The van der Waals surface area contributed by atoms with Gasteiger partial charge in [-0.1, -0.05) is 89.4 Å². The summed E-state index contributed by atoms with van der Waals surface area (Å²) in [7, 11) is 0. The molecule has 0 N–H and O–H groups in total. The molecule has 198 valence electrons. The first-order valence-electron chi connectivity index (χ1n) is 11.7. The van der Waals surface area contributed by atoms with Crippen molar-refractivity contribution < 1.29 is 28.6 Å². The quantitative estimate of drug-likeness (QED) is 0.191. The summed E-state index contributed by atoms with van der Waals surface area (Å²) in [6, 6.07) is 20.5. The van der Waals surface area contributed by atoms with Gasteiger partial charge in [-0.3, -0.25) is 0 Å². The van der Waals surface area contributed by atoms with Crippen molar-refractivity contribution in [2.75, 3.05) is 19.8 Å². The van der Waals surface area contributed by atoms with Crippen molar-refractivity contribution in [1.82, 2.24) is 0 Å². The summed E-state index contributed by atoms with van der Waals surface area (Å²) < 4.78 is 16.3. The van der Waals surface area contributed by atoms with Gasteiger partial charge in [0.05, 0.1) is 16.7 Å². The van der Waals surface area contributed by atoms with Gasteiger partial charge in [0.2, 0.25) is 0 Å². The second-order valence-corrected chi connectivity index (χ2v) is 9.52. The zero-order chi connectivity index (χ0) is 27.8. The number of carbonyl (C=O) groups is 3. The summed E-state index contributed by atoms with van der Waals surface area (Å²) in [5.74, 6) is -2.42. The third-order valence-electron chi connectivity index (χ3n) is 5.57. The standard InChI is InChI=1S/C30H21Cl3O6/c31-25-10-4-1-7-19(25)13-22-16-37-29(35)24(15-21-9-3-6-12-27(21)33)18-39-30(36)23(17-38-28(22)34)14-20-8-2-5-11-26(20)32/h1-15H,16-18H2/b22-13+,23-14+,24-15+. The molecule has 0 unspecified atom stereocenters. The number of benzene rings is 3. The third kappa shape index (κ3) is 7.60. The van der Waals surface area contributed by atoms with Gasteiger partial charge in [0.25, 0.3) is 0 Å². The lowest BCUT2D eigenvalue weighted by Crippen LogP contribution is -2.24.